The average Bonchev–Trinajstić information content (AvgIpc) is 2.80. The van der Waals surface area contributed by atoms with Crippen LogP contribution < -0.4 is 10.6 Å². The largest absolute Gasteiger partial charge is 0.478 e. The zero-order chi connectivity index (χ0) is 14.0. The molecule has 5 nitrogen and oxygen atoms in total. The van der Waals surface area contributed by atoms with E-state index in [0.717, 1.165) is 24.9 Å². The lowest BCUT2D eigenvalue weighted by molar-refractivity contribution is -0.121. The maximum absolute atomic E-state index is 12.2. The number of carbonyl (C=O) groups is 2. The molecule has 1 amide bonds. The van der Waals surface area contributed by atoms with Crippen LogP contribution >= 0.6 is 0 Å². The molecule has 0 bridgehead atoms. The number of hydrogen-bond acceptors (Lipinski definition) is 3. The number of aryl methyl sites for hydroxylation is 1. The standard InChI is InChI=1S/C14H18N2O3/c1-9-8-10(12(17)18)4-5-11(9)16-13(19)14(2)6-3-7-15-14/h4-5,8,15H,3,6-7H2,1-2H3,(H,16,19)(H,17,18). The van der Waals surface area contributed by atoms with Gasteiger partial charge in [0, 0.05) is 5.69 Å². The molecule has 0 aliphatic carbocycles. The number of nitrogens with one attached hydrogen (secondary N) is 2. The van der Waals surface area contributed by atoms with Crippen LogP contribution in [0.5, 0.6) is 0 Å². The van der Waals surface area contributed by atoms with Gasteiger partial charge in [0.1, 0.15) is 0 Å². The summed E-state index contributed by atoms with van der Waals surface area (Å²) in [7, 11) is 0. The Balaban J connectivity index is 2.15. The van der Waals surface area contributed by atoms with Crippen LogP contribution in [0.15, 0.2) is 18.2 Å². The van der Waals surface area contributed by atoms with Crippen LogP contribution in [0.25, 0.3) is 0 Å². The Bertz CT molecular complexity index is 519. The third-order valence-corrected chi connectivity index (χ3v) is 3.59. The molecule has 1 atom stereocenters. The highest BCUT2D eigenvalue weighted by Crippen LogP contribution is 2.23. The molecule has 0 saturated carbocycles. The van der Waals surface area contributed by atoms with Gasteiger partial charge in [-0.3, -0.25) is 4.79 Å². The highest BCUT2D eigenvalue weighted by molar-refractivity contribution is 5.99. The molecule has 19 heavy (non-hydrogen) atoms. The van der Waals surface area contributed by atoms with E-state index in [-0.39, 0.29) is 11.5 Å². The first-order chi connectivity index (χ1) is 8.92. The second-order valence-corrected chi connectivity index (χ2v) is 5.15. The summed E-state index contributed by atoms with van der Waals surface area (Å²) in [4.78, 5) is 23.1. The normalized spacial score (nSPS) is 22.2. The number of benzene rings is 1. The molecule has 3 N–H and O–H groups in total. The van der Waals surface area contributed by atoms with Crippen molar-refractivity contribution in [2.45, 2.75) is 32.2 Å². The third-order valence-electron chi connectivity index (χ3n) is 3.59. The maximum atomic E-state index is 12.2. The quantitative estimate of drug-likeness (QED) is 0.775. The van der Waals surface area contributed by atoms with Crippen LogP contribution in [0, 0.1) is 6.92 Å². The summed E-state index contributed by atoms with van der Waals surface area (Å²) in [5.41, 5.74) is 1.10. The van der Waals surface area contributed by atoms with E-state index in [1.807, 2.05) is 6.92 Å². The van der Waals surface area contributed by atoms with E-state index in [2.05, 4.69) is 10.6 Å². The van der Waals surface area contributed by atoms with Gasteiger partial charge in [0.25, 0.3) is 0 Å². The van der Waals surface area contributed by atoms with E-state index in [4.69, 9.17) is 5.11 Å². The second-order valence-electron chi connectivity index (χ2n) is 5.15. The SMILES string of the molecule is Cc1cc(C(=O)O)ccc1NC(=O)C1(C)CCCN1. The zero-order valence-corrected chi connectivity index (χ0v) is 11.1. The number of aromatic carboxylic acids is 1. The molecule has 102 valence electrons. The topological polar surface area (TPSA) is 78.4 Å². The first-order valence-corrected chi connectivity index (χ1v) is 6.33. The van der Waals surface area contributed by atoms with Gasteiger partial charge in [0.15, 0.2) is 0 Å². The molecule has 0 aromatic heterocycles. The van der Waals surface area contributed by atoms with Crippen molar-refractivity contribution in [3.05, 3.63) is 29.3 Å². The predicted molar refractivity (Wildman–Crippen MR) is 72.4 cm³/mol. The summed E-state index contributed by atoms with van der Waals surface area (Å²) in [6, 6.07) is 4.69. The summed E-state index contributed by atoms with van der Waals surface area (Å²) < 4.78 is 0. The van der Waals surface area contributed by atoms with Gasteiger partial charge in [-0.05, 0) is 57.0 Å². The average molecular weight is 262 g/mol. The van der Waals surface area contributed by atoms with Gasteiger partial charge in [-0.2, -0.15) is 0 Å². The first kappa shape index (κ1) is 13.5. The molecule has 1 aromatic rings. The molecule has 5 heteroatoms. The number of hydrogen-bond donors (Lipinski definition) is 3. The summed E-state index contributed by atoms with van der Waals surface area (Å²) >= 11 is 0. The fraction of sp³-hybridized carbons (Fsp3) is 0.429. The molecule has 1 aliphatic rings. The summed E-state index contributed by atoms with van der Waals surface area (Å²) in [6.45, 7) is 4.52. The van der Waals surface area contributed by atoms with Crippen LogP contribution in [-0.2, 0) is 4.79 Å². The van der Waals surface area contributed by atoms with Crippen LogP contribution in [0.1, 0.15) is 35.7 Å². The molecule has 0 radical (unpaired) electrons. The third kappa shape index (κ3) is 2.76. The smallest absolute Gasteiger partial charge is 0.335 e. The van der Waals surface area contributed by atoms with Crippen molar-refractivity contribution in [1.29, 1.82) is 0 Å². The van der Waals surface area contributed by atoms with E-state index in [1.54, 1.807) is 19.1 Å². The van der Waals surface area contributed by atoms with Gasteiger partial charge < -0.3 is 15.7 Å². The minimum Gasteiger partial charge on any atom is -0.478 e. The predicted octanol–water partition coefficient (Wildman–Crippen LogP) is 1.77. The number of amides is 1. The van der Waals surface area contributed by atoms with Crippen molar-refractivity contribution in [2.24, 2.45) is 0 Å². The lowest BCUT2D eigenvalue weighted by Crippen LogP contribution is -2.48. The van der Waals surface area contributed by atoms with Gasteiger partial charge in [-0.25, -0.2) is 4.79 Å². The monoisotopic (exact) mass is 262 g/mol. The van der Waals surface area contributed by atoms with Gasteiger partial charge in [-0.1, -0.05) is 0 Å². The van der Waals surface area contributed by atoms with Crippen LogP contribution in [0.2, 0.25) is 0 Å². The van der Waals surface area contributed by atoms with Crippen molar-refractivity contribution in [2.75, 3.05) is 11.9 Å². The molecule has 1 heterocycles. The summed E-state index contributed by atoms with van der Waals surface area (Å²) in [6.07, 6.45) is 1.80. The fourth-order valence-corrected chi connectivity index (χ4v) is 2.29. The Morgan fingerprint density at radius 2 is 2.16 bits per heavy atom. The van der Waals surface area contributed by atoms with E-state index in [1.165, 1.54) is 6.07 Å². The Morgan fingerprint density at radius 1 is 1.42 bits per heavy atom. The van der Waals surface area contributed by atoms with E-state index >= 15 is 0 Å². The molecular formula is C14H18N2O3. The van der Waals surface area contributed by atoms with Crippen LogP contribution in [0.3, 0.4) is 0 Å². The Hall–Kier alpha value is -1.88. The van der Waals surface area contributed by atoms with E-state index in [0.29, 0.717) is 5.69 Å². The molecule has 1 aromatic carbocycles. The lowest BCUT2D eigenvalue weighted by Gasteiger charge is -2.23. The molecule has 1 fully saturated rings. The maximum Gasteiger partial charge on any atom is 0.335 e. The molecule has 2 rings (SSSR count). The minimum absolute atomic E-state index is 0.0730. The fourth-order valence-electron chi connectivity index (χ4n) is 2.29. The van der Waals surface area contributed by atoms with Crippen molar-refractivity contribution < 1.29 is 14.7 Å². The number of rotatable bonds is 3. The minimum atomic E-state index is -0.967. The van der Waals surface area contributed by atoms with Crippen molar-refractivity contribution in [3.63, 3.8) is 0 Å². The van der Waals surface area contributed by atoms with Crippen molar-refractivity contribution >= 4 is 17.6 Å². The molecule has 0 spiro atoms. The van der Waals surface area contributed by atoms with Crippen molar-refractivity contribution in [1.82, 2.24) is 5.32 Å². The number of carboxylic acid groups (broad SMARTS) is 1. The molecule has 1 saturated heterocycles. The molecule has 1 aliphatic heterocycles. The Kier molecular flexibility index (Phi) is 3.57. The number of carbonyl (C=O) groups excluding carboxylic acids is 1. The van der Waals surface area contributed by atoms with Gasteiger partial charge in [0.05, 0.1) is 11.1 Å². The van der Waals surface area contributed by atoms with Gasteiger partial charge in [-0.15, -0.1) is 0 Å². The van der Waals surface area contributed by atoms with Gasteiger partial charge in [0.2, 0.25) is 5.91 Å². The number of anilines is 1. The highest BCUT2D eigenvalue weighted by atomic mass is 16.4. The Morgan fingerprint density at radius 3 is 2.68 bits per heavy atom. The van der Waals surface area contributed by atoms with E-state index in [9.17, 15) is 9.59 Å². The summed E-state index contributed by atoms with van der Waals surface area (Å²) in [5, 5.41) is 15.0. The highest BCUT2D eigenvalue weighted by Gasteiger charge is 2.35. The zero-order valence-electron chi connectivity index (χ0n) is 11.1. The van der Waals surface area contributed by atoms with Crippen LogP contribution in [0.4, 0.5) is 5.69 Å². The molecule has 1 unspecified atom stereocenters. The molecular weight excluding hydrogens is 244 g/mol. The van der Waals surface area contributed by atoms with Crippen molar-refractivity contribution in [3.8, 4) is 0 Å². The number of carboxylic acids is 1. The van der Waals surface area contributed by atoms with E-state index < -0.39 is 11.5 Å². The lowest BCUT2D eigenvalue weighted by atomic mass is 9.99. The summed E-state index contributed by atoms with van der Waals surface area (Å²) in [5.74, 6) is -1.04. The second kappa shape index (κ2) is 5.01. The first-order valence-electron chi connectivity index (χ1n) is 6.33. The Labute approximate surface area is 112 Å². The van der Waals surface area contributed by atoms with Gasteiger partial charge >= 0.3 is 5.97 Å². The van der Waals surface area contributed by atoms with Crippen LogP contribution in [-0.4, -0.2) is 29.1 Å².